The fraction of sp³-hybridized carbons (Fsp3) is 0.538. The topological polar surface area (TPSA) is 50.2 Å². The minimum Gasteiger partial charge on any atom is -0.337 e. The number of hydrogen-bond donors (Lipinski definition) is 1. The van der Waals surface area contributed by atoms with Gasteiger partial charge in [-0.3, -0.25) is 14.8 Å². The summed E-state index contributed by atoms with van der Waals surface area (Å²) in [6.07, 6.45) is 3.94. The Hall–Kier alpha value is -1.62. The monoisotopic (exact) mass is 246 g/mol. The lowest BCUT2D eigenvalue weighted by molar-refractivity contribution is -0.138. The third-order valence-electron chi connectivity index (χ3n) is 3.61. The van der Waals surface area contributed by atoms with Crippen molar-refractivity contribution in [3.05, 3.63) is 29.6 Å². The van der Waals surface area contributed by atoms with Gasteiger partial charge in [0.2, 0.25) is 5.91 Å². The summed E-state index contributed by atoms with van der Waals surface area (Å²) < 4.78 is 2.04. The van der Waals surface area contributed by atoms with E-state index in [0.29, 0.717) is 6.04 Å². The first-order chi connectivity index (χ1) is 8.65. The van der Waals surface area contributed by atoms with Gasteiger partial charge in [-0.05, 0) is 19.9 Å². The molecule has 0 aromatic carbocycles. The van der Waals surface area contributed by atoms with Crippen LogP contribution in [0.5, 0.6) is 0 Å². The van der Waals surface area contributed by atoms with E-state index in [2.05, 4.69) is 23.4 Å². The van der Waals surface area contributed by atoms with Crippen LogP contribution in [0, 0.1) is 13.8 Å². The van der Waals surface area contributed by atoms with E-state index in [4.69, 9.17) is 0 Å². The maximum absolute atomic E-state index is 12.1. The maximum Gasteiger partial charge on any atom is 0.243 e. The van der Waals surface area contributed by atoms with E-state index in [9.17, 15) is 4.79 Å². The second kappa shape index (κ2) is 4.24. The van der Waals surface area contributed by atoms with Crippen LogP contribution in [0.1, 0.15) is 17.4 Å². The summed E-state index contributed by atoms with van der Waals surface area (Å²) in [6, 6.07) is 2.30. The molecule has 2 aliphatic heterocycles. The Morgan fingerprint density at radius 2 is 2.22 bits per heavy atom. The molecule has 0 radical (unpaired) electrons. The van der Waals surface area contributed by atoms with E-state index in [1.165, 1.54) is 5.69 Å². The summed E-state index contributed by atoms with van der Waals surface area (Å²) in [5, 5.41) is 7.62. The first-order valence-corrected chi connectivity index (χ1v) is 6.37. The molecule has 18 heavy (non-hydrogen) atoms. The van der Waals surface area contributed by atoms with E-state index >= 15 is 0 Å². The number of hydrogen-bond acceptors (Lipinski definition) is 3. The molecule has 1 unspecified atom stereocenters. The molecule has 1 atom stereocenters. The van der Waals surface area contributed by atoms with Gasteiger partial charge in [-0.2, -0.15) is 5.10 Å². The number of aromatic nitrogens is 2. The molecule has 1 fully saturated rings. The quantitative estimate of drug-likeness (QED) is 0.769. The average Bonchev–Trinajstić information content (AvgIpc) is 2.86. The van der Waals surface area contributed by atoms with Gasteiger partial charge in [-0.1, -0.05) is 12.2 Å². The molecule has 2 aliphatic rings. The predicted molar refractivity (Wildman–Crippen MR) is 68.2 cm³/mol. The predicted octanol–water partition coefficient (Wildman–Crippen LogP) is 0.411. The number of aryl methyl sites for hydroxylation is 2. The van der Waals surface area contributed by atoms with Gasteiger partial charge >= 0.3 is 0 Å². The molecule has 0 spiro atoms. The van der Waals surface area contributed by atoms with Crippen LogP contribution in [-0.4, -0.2) is 46.3 Å². The van der Waals surface area contributed by atoms with Crippen molar-refractivity contribution in [2.75, 3.05) is 19.6 Å². The Bertz CT molecular complexity index is 499. The normalized spacial score (nSPS) is 23.4. The van der Waals surface area contributed by atoms with Gasteiger partial charge in [0.15, 0.2) is 0 Å². The minimum atomic E-state index is -0.119. The highest BCUT2D eigenvalue weighted by Crippen LogP contribution is 2.23. The lowest BCUT2D eigenvalue weighted by Crippen LogP contribution is -2.55. The second-order valence-corrected chi connectivity index (χ2v) is 5.08. The van der Waals surface area contributed by atoms with Crippen molar-refractivity contribution in [1.82, 2.24) is 20.0 Å². The van der Waals surface area contributed by atoms with Crippen molar-refractivity contribution < 1.29 is 4.79 Å². The zero-order valence-corrected chi connectivity index (χ0v) is 10.8. The summed E-state index contributed by atoms with van der Waals surface area (Å²) in [5.74, 6) is 0.182. The summed E-state index contributed by atoms with van der Waals surface area (Å²) in [7, 11) is 0. The molecular weight excluding hydrogens is 228 g/mol. The van der Waals surface area contributed by atoms with Crippen LogP contribution in [0.25, 0.3) is 0 Å². The summed E-state index contributed by atoms with van der Waals surface area (Å²) in [4.78, 5) is 14.0. The molecule has 1 saturated heterocycles. The first-order valence-electron chi connectivity index (χ1n) is 6.37. The van der Waals surface area contributed by atoms with Crippen LogP contribution in [0.4, 0.5) is 0 Å². The summed E-state index contributed by atoms with van der Waals surface area (Å²) in [6.45, 7) is 6.40. The van der Waals surface area contributed by atoms with Crippen LogP contribution in [-0.2, 0) is 4.79 Å². The average molecular weight is 246 g/mol. The summed E-state index contributed by atoms with van der Waals surface area (Å²) >= 11 is 0. The van der Waals surface area contributed by atoms with Crippen molar-refractivity contribution in [2.24, 2.45) is 0 Å². The Labute approximate surface area is 106 Å². The lowest BCUT2D eigenvalue weighted by Gasteiger charge is -2.40. The van der Waals surface area contributed by atoms with E-state index in [0.717, 1.165) is 25.3 Å². The number of amides is 1. The van der Waals surface area contributed by atoms with Gasteiger partial charge in [0.25, 0.3) is 0 Å². The standard InChI is InChI=1S/C13H18N4O/c1-9-6-10(2)17(15-9)11-7-16(8-11)13(18)12-4-3-5-14-12/h3-4,6,11-12,14H,5,7-8H2,1-2H3. The molecule has 5 heteroatoms. The number of carbonyl (C=O) groups excluding carboxylic acids is 1. The van der Waals surface area contributed by atoms with Crippen molar-refractivity contribution in [3.63, 3.8) is 0 Å². The highest BCUT2D eigenvalue weighted by Gasteiger charge is 2.36. The van der Waals surface area contributed by atoms with Gasteiger partial charge in [-0.15, -0.1) is 0 Å². The number of likely N-dealkylation sites (tertiary alicyclic amines) is 1. The van der Waals surface area contributed by atoms with Crippen LogP contribution >= 0.6 is 0 Å². The van der Waals surface area contributed by atoms with Gasteiger partial charge in [0.1, 0.15) is 6.04 Å². The first kappa shape index (κ1) is 11.5. The van der Waals surface area contributed by atoms with Crippen molar-refractivity contribution >= 4 is 5.91 Å². The third kappa shape index (κ3) is 1.84. The van der Waals surface area contributed by atoms with E-state index in [1.807, 2.05) is 28.7 Å². The number of nitrogens with one attached hydrogen (secondary N) is 1. The van der Waals surface area contributed by atoms with Crippen molar-refractivity contribution in [1.29, 1.82) is 0 Å². The Balaban J connectivity index is 1.61. The largest absolute Gasteiger partial charge is 0.337 e. The molecule has 3 heterocycles. The molecule has 1 amide bonds. The van der Waals surface area contributed by atoms with Gasteiger partial charge in [-0.25, -0.2) is 0 Å². The third-order valence-corrected chi connectivity index (χ3v) is 3.61. The van der Waals surface area contributed by atoms with Crippen LogP contribution in [0.15, 0.2) is 18.2 Å². The van der Waals surface area contributed by atoms with Crippen LogP contribution < -0.4 is 5.32 Å². The fourth-order valence-electron chi connectivity index (χ4n) is 2.64. The molecule has 3 rings (SSSR count). The van der Waals surface area contributed by atoms with Gasteiger partial charge < -0.3 is 4.90 Å². The maximum atomic E-state index is 12.1. The van der Waals surface area contributed by atoms with Crippen LogP contribution in [0.3, 0.4) is 0 Å². The summed E-state index contributed by atoms with van der Waals surface area (Å²) in [5.41, 5.74) is 2.21. The zero-order chi connectivity index (χ0) is 12.7. The Morgan fingerprint density at radius 3 is 2.78 bits per heavy atom. The molecule has 0 saturated carbocycles. The van der Waals surface area contributed by atoms with Crippen molar-refractivity contribution in [3.8, 4) is 0 Å². The SMILES string of the molecule is Cc1cc(C)n(C2CN(C(=O)C3C=CCN3)C2)n1. The molecule has 1 aromatic heterocycles. The molecule has 5 nitrogen and oxygen atoms in total. The highest BCUT2D eigenvalue weighted by molar-refractivity contribution is 5.85. The molecule has 0 aliphatic carbocycles. The smallest absolute Gasteiger partial charge is 0.243 e. The van der Waals surface area contributed by atoms with Gasteiger partial charge in [0, 0.05) is 25.3 Å². The molecule has 1 N–H and O–H groups in total. The Morgan fingerprint density at radius 1 is 1.44 bits per heavy atom. The van der Waals surface area contributed by atoms with E-state index in [-0.39, 0.29) is 11.9 Å². The fourth-order valence-corrected chi connectivity index (χ4v) is 2.64. The van der Waals surface area contributed by atoms with Crippen molar-refractivity contribution in [2.45, 2.75) is 25.9 Å². The van der Waals surface area contributed by atoms with E-state index < -0.39 is 0 Å². The lowest BCUT2D eigenvalue weighted by atomic mass is 10.1. The van der Waals surface area contributed by atoms with Gasteiger partial charge in [0.05, 0.1) is 11.7 Å². The zero-order valence-electron chi connectivity index (χ0n) is 10.8. The molecule has 96 valence electrons. The number of nitrogens with zero attached hydrogens (tertiary/aromatic N) is 3. The number of carbonyl (C=O) groups is 1. The Kier molecular flexibility index (Phi) is 2.70. The number of rotatable bonds is 2. The molecular formula is C13H18N4O. The molecule has 1 aromatic rings. The van der Waals surface area contributed by atoms with Crippen LogP contribution in [0.2, 0.25) is 0 Å². The highest BCUT2D eigenvalue weighted by atomic mass is 16.2. The molecule has 0 bridgehead atoms. The van der Waals surface area contributed by atoms with E-state index in [1.54, 1.807) is 0 Å². The second-order valence-electron chi connectivity index (χ2n) is 5.08. The minimum absolute atomic E-state index is 0.119.